The second kappa shape index (κ2) is 9.85. The summed E-state index contributed by atoms with van der Waals surface area (Å²) in [4.78, 5) is 13.8. The molecule has 170 valence electrons. The van der Waals surface area contributed by atoms with Crippen molar-refractivity contribution in [2.45, 2.75) is 24.9 Å². The number of nitrogens with zero attached hydrogens (tertiary/aromatic N) is 1. The molecule has 8 heteroatoms. The third-order valence-electron chi connectivity index (χ3n) is 5.61. The first-order chi connectivity index (χ1) is 15.4. The molecule has 1 N–H and O–H groups in total. The number of carbonyl (C=O) groups is 1. The van der Waals surface area contributed by atoms with Gasteiger partial charge >= 0.3 is 6.18 Å². The van der Waals surface area contributed by atoms with E-state index in [1.165, 1.54) is 6.07 Å². The van der Waals surface area contributed by atoms with Gasteiger partial charge in [-0.25, -0.2) is 0 Å². The fraction of sp³-hybridized carbons (Fsp3) is 0.375. The molecule has 0 unspecified atom stereocenters. The van der Waals surface area contributed by atoms with Crippen LogP contribution in [0.25, 0.3) is 0 Å². The Morgan fingerprint density at radius 3 is 2.66 bits per heavy atom. The van der Waals surface area contributed by atoms with E-state index in [-0.39, 0.29) is 18.6 Å². The van der Waals surface area contributed by atoms with Crippen LogP contribution in [-0.2, 0) is 26.9 Å². The number of ether oxygens (including phenoxy) is 2. The number of rotatable bonds is 7. The molecular formula is C24H25F3N2O3. The summed E-state index contributed by atoms with van der Waals surface area (Å²) in [5, 5.41) is 2.79. The second-order valence-electron chi connectivity index (χ2n) is 7.90. The zero-order valence-electron chi connectivity index (χ0n) is 17.5. The van der Waals surface area contributed by atoms with Gasteiger partial charge in [0.05, 0.1) is 24.8 Å². The zero-order valence-corrected chi connectivity index (χ0v) is 17.5. The third-order valence-corrected chi connectivity index (χ3v) is 5.61. The Morgan fingerprint density at radius 1 is 1.12 bits per heavy atom. The Hall–Kier alpha value is -2.68. The lowest BCUT2D eigenvalue weighted by molar-refractivity contribution is -0.209. The Morgan fingerprint density at radius 2 is 1.94 bits per heavy atom. The Labute approximate surface area is 184 Å². The lowest BCUT2D eigenvalue weighted by atomic mass is 10.0. The third kappa shape index (κ3) is 5.56. The molecule has 0 spiro atoms. The molecule has 32 heavy (non-hydrogen) atoms. The minimum atomic E-state index is -4.37. The number of alkyl halides is 3. The van der Waals surface area contributed by atoms with Gasteiger partial charge in [0.25, 0.3) is 0 Å². The quantitative estimate of drug-likeness (QED) is 0.705. The average Bonchev–Trinajstić information content (AvgIpc) is 3.19. The maximum absolute atomic E-state index is 13.0. The molecule has 2 aliphatic rings. The fourth-order valence-electron chi connectivity index (χ4n) is 4.07. The van der Waals surface area contributed by atoms with Gasteiger partial charge in [-0.05, 0) is 29.2 Å². The maximum Gasteiger partial charge on any atom is 0.416 e. The molecule has 2 aromatic rings. The highest BCUT2D eigenvalue weighted by atomic mass is 19.4. The zero-order chi connectivity index (χ0) is 22.6. The van der Waals surface area contributed by atoms with Gasteiger partial charge < -0.3 is 14.8 Å². The first-order valence-corrected chi connectivity index (χ1v) is 10.6. The molecule has 0 saturated carbocycles. The lowest BCUT2D eigenvalue weighted by Crippen LogP contribution is -2.47. The predicted octanol–water partition coefficient (Wildman–Crippen LogP) is 3.72. The van der Waals surface area contributed by atoms with E-state index in [2.05, 4.69) is 10.2 Å². The van der Waals surface area contributed by atoms with Gasteiger partial charge in [-0.1, -0.05) is 48.5 Å². The highest BCUT2D eigenvalue weighted by Gasteiger charge is 2.35. The van der Waals surface area contributed by atoms with Crippen molar-refractivity contribution in [3.05, 3.63) is 82.9 Å². The van der Waals surface area contributed by atoms with Gasteiger partial charge in [0.1, 0.15) is 0 Å². The molecule has 1 saturated heterocycles. The summed E-state index contributed by atoms with van der Waals surface area (Å²) in [6.07, 6.45) is -2.97. The van der Waals surface area contributed by atoms with Crippen LogP contribution in [0.3, 0.4) is 0 Å². The van der Waals surface area contributed by atoms with E-state index in [0.29, 0.717) is 38.2 Å². The molecule has 1 amide bonds. The van der Waals surface area contributed by atoms with E-state index >= 15 is 0 Å². The number of morpholine rings is 1. The number of benzene rings is 2. The van der Waals surface area contributed by atoms with Gasteiger partial charge in [-0.2, -0.15) is 13.2 Å². The molecule has 1 fully saturated rings. The van der Waals surface area contributed by atoms with Crippen molar-refractivity contribution in [2.75, 3.05) is 32.8 Å². The first-order valence-electron chi connectivity index (χ1n) is 10.6. The number of carbonyl (C=O) groups excluding carboxylic acids is 1. The van der Waals surface area contributed by atoms with Crippen molar-refractivity contribution < 1.29 is 27.4 Å². The van der Waals surface area contributed by atoms with E-state index in [9.17, 15) is 18.0 Å². The van der Waals surface area contributed by atoms with E-state index in [0.717, 1.165) is 23.3 Å². The predicted molar refractivity (Wildman–Crippen MR) is 113 cm³/mol. The summed E-state index contributed by atoms with van der Waals surface area (Å²) in [6.45, 7) is 2.50. The summed E-state index contributed by atoms with van der Waals surface area (Å²) < 4.78 is 50.9. The number of nitrogens with one attached hydrogen (secondary N) is 1. The molecule has 0 bridgehead atoms. The summed E-state index contributed by atoms with van der Waals surface area (Å²) >= 11 is 0. The van der Waals surface area contributed by atoms with Gasteiger partial charge in [-0.3, -0.25) is 9.69 Å². The monoisotopic (exact) mass is 446 g/mol. The maximum atomic E-state index is 13.0. The van der Waals surface area contributed by atoms with E-state index in [1.54, 1.807) is 12.1 Å². The number of hydrogen-bond donors (Lipinski definition) is 1. The molecule has 2 aromatic carbocycles. The van der Waals surface area contributed by atoms with Crippen LogP contribution in [0.15, 0.2) is 66.2 Å². The topological polar surface area (TPSA) is 50.8 Å². The van der Waals surface area contributed by atoms with Crippen molar-refractivity contribution in [1.82, 2.24) is 10.2 Å². The van der Waals surface area contributed by atoms with Crippen molar-refractivity contribution in [2.24, 2.45) is 0 Å². The highest BCUT2D eigenvalue weighted by molar-refractivity contribution is 5.91. The molecule has 0 radical (unpaired) electrons. The van der Waals surface area contributed by atoms with Gasteiger partial charge in [0.15, 0.2) is 6.29 Å². The van der Waals surface area contributed by atoms with Crippen molar-refractivity contribution in [3.8, 4) is 0 Å². The Kier molecular flexibility index (Phi) is 6.93. The van der Waals surface area contributed by atoms with Crippen LogP contribution in [0.2, 0.25) is 0 Å². The standard InChI is InChI=1S/C24H25F3N2O3/c25-24(26,27)20-8-4-5-17(13-20)9-11-31-23-22(19-6-2-1-3-7-19)29(10-12-32-23)16-18-14-21(30)28-15-18/h1-8,13-14,22-23H,9-12,15-16H2,(H,28,30)/t22-,23+/m0/s1. The van der Waals surface area contributed by atoms with Crippen molar-refractivity contribution in [3.63, 3.8) is 0 Å². The minimum absolute atomic E-state index is 0.0848. The SMILES string of the molecule is O=C1C=C(CN2CCO[C@@H](OCCc3cccc(C(F)(F)F)c3)[C@@H]2c2ccccc2)CN1. The van der Waals surface area contributed by atoms with Crippen LogP contribution in [0.5, 0.6) is 0 Å². The molecule has 2 aliphatic heterocycles. The summed E-state index contributed by atoms with van der Waals surface area (Å²) in [6, 6.07) is 14.9. The number of amides is 1. The van der Waals surface area contributed by atoms with E-state index < -0.39 is 18.0 Å². The van der Waals surface area contributed by atoms with Crippen LogP contribution in [0.4, 0.5) is 13.2 Å². The molecule has 2 heterocycles. The molecular weight excluding hydrogens is 421 g/mol. The second-order valence-corrected chi connectivity index (χ2v) is 7.90. The molecule has 0 aromatic heterocycles. The van der Waals surface area contributed by atoms with Crippen molar-refractivity contribution >= 4 is 5.91 Å². The van der Waals surface area contributed by atoms with Crippen LogP contribution in [0, 0.1) is 0 Å². The van der Waals surface area contributed by atoms with Gasteiger partial charge in [-0.15, -0.1) is 0 Å². The van der Waals surface area contributed by atoms with Gasteiger partial charge in [0.2, 0.25) is 5.91 Å². The van der Waals surface area contributed by atoms with Gasteiger partial charge in [0, 0.05) is 25.7 Å². The molecule has 2 atom stereocenters. The Balaban J connectivity index is 1.45. The first kappa shape index (κ1) is 22.5. The smallest absolute Gasteiger partial charge is 0.350 e. The fourth-order valence-corrected chi connectivity index (χ4v) is 4.07. The molecule has 5 nitrogen and oxygen atoms in total. The van der Waals surface area contributed by atoms with E-state index in [1.807, 2.05) is 30.3 Å². The van der Waals surface area contributed by atoms with Crippen molar-refractivity contribution in [1.29, 1.82) is 0 Å². The van der Waals surface area contributed by atoms with Crippen LogP contribution in [-0.4, -0.2) is 49.9 Å². The number of halogens is 3. The molecule has 0 aliphatic carbocycles. The minimum Gasteiger partial charge on any atom is -0.350 e. The van der Waals surface area contributed by atoms with Crippen LogP contribution < -0.4 is 5.32 Å². The van der Waals surface area contributed by atoms with Crippen LogP contribution in [0.1, 0.15) is 22.7 Å². The summed E-state index contributed by atoms with van der Waals surface area (Å²) in [5.74, 6) is -0.0848. The Bertz CT molecular complexity index is 962. The normalized spacial score (nSPS) is 22.0. The summed E-state index contributed by atoms with van der Waals surface area (Å²) in [5.41, 5.74) is 1.92. The molecule has 4 rings (SSSR count). The average molecular weight is 446 g/mol. The number of hydrogen-bond acceptors (Lipinski definition) is 4. The largest absolute Gasteiger partial charge is 0.416 e. The van der Waals surface area contributed by atoms with Crippen LogP contribution >= 0.6 is 0 Å². The van der Waals surface area contributed by atoms with E-state index in [4.69, 9.17) is 9.47 Å². The lowest BCUT2D eigenvalue weighted by Gasteiger charge is -2.41. The summed E-state index contributed by atoms with van der Waals surface area (Å²) in [7, 11) is 0. The highest BCUT2D eigenvalue weighted by Crippen LogP contribution is 2.32.